The van der Waals surface area contributed by atoms with Crippen LogP contribution in [0, 0.1) is 13.8 Å². The fourth-order valence-electron chi connectivity index (χ4n) is 2.37. The number of ether oxygens (including phenoxy) is 1. The molecule has 4 nitrogen and oxygen atoms in total. The molecule has 0 atom stereocenters. The zero-order valence-corrected chi connectivity index (χ0v) is 14.1. The van der Waals surface area contributed by atoms with Gasteiger partial charge < -0.3 is 4.74 Å². The molecule has 0 saturated carbocycles. The lowest BCUT2D eigenvalue weighted by Crippen LogP contribution is -2.03. The van der Waals surface area contributed by atoms with Crippen molar-refractivity contribution in [1.82, 2.24) is 14.8 Å². The number of thioether (sulfide) groups is 1. The van der Waals surface area contributed by atoms with E-state index in [-0.39, 0.29) is 0 Å². The Hall–Kier alpha value is -2.27. The largest absolute Gasteiger partial charge is 0.493 e. The van der Waals surface area contributed by atoms with Crippen LogP contribution in [0.25, 0.3) is 5.69 Å². The lowest BCUT2D eigenvalue weighted by molar-refractivity contribution is 0.344. The van der Waals surface area contributed by atoms with Crippen LogP contribution < -0.4 is 4.74 Å². The Bertz CT molecular complexity index is 771. The first kappa shape index (κ1) is 15.6. The average Bonchev–Trinajstić information content (AvgIpc) is 3.01. The van der Waals surface area contributed by atoms with Crippen LogP contribution in [0.4, 0.5) is 0 Å². The summed E-state index contributed by atoms with van der Waals surface area (Å²) in [5.41, 5.74) is 3.59. The highest BCUT2D eigenvalue weighted by molar-refractivity contribution is 7.99. The van der Waals surface area contributed by atoms with Gasteiger partial charge in [-0.15, -0.1) is 10.2 Å². The van der Waals surface area contributed by atoms with Crippen molar-refractivity contribution in [2.75, 3.05) is 12.4 Å². The number of nitrogens with zero attached hydrogens (tertiary/aromatic N) is 3. The quantitative estimate of drug-likeness (QED) is 0.506. The van der Waals surface area contributed by atoms with Crippen molar-refractivity contribution in [3.8, 4) is 11.4 Å². The van der Waals surface area contributed by atoms with Gasteiger partial charge in [0.05, 0.1) is 12.3 Å². The first-order valence-electron chi connectivity index (χ1n) is 7.52. The maximum Gasteiger partial charge on any atom is 0.195 e. The fourth-order valence-corrected chi connectivity index (χ4v) is 3.11. The van der Waals surface area contributed by atoms with Crippen LogP contribution in [-0.4, -0.2) is 27.1 Å². The molecule has 0 aliphatic carbocycles. The van der Waals surface area contributed by atoms with E-state index in [0.717, 1.165) is 22.3 Å². The molecule has 118 valence electrons. The first-order chi connectivity index (χ1) is 11.2. The predicted molar refractivity (Wildman–Crippen MR) is 93.5 cm³/mol. The molecule has 0 aliphatic rings. The van der Waals surface area contributed by atoms with E-state index < -0.39 is 0 Å². The Morgan fingerprint density at radius 1 is 1.09 bits per heavy atom. The SMILES string of the molecule is Cc1ccc(-n2cnnc2SCCOc2ccccc2)c(C)c1. The second-order valence-corrected chi connectivity index (χ2v) is 6.35. The Labute approximate surface area is 140 Å². The summed E-state index contributed by atoms with van der Waals surface area (Å²) in [7, 11) is 0. The average molecular weight is 325 g/mol. The van der Waals surface area contributed by atoms with Crippen molar-refractivity contribution >= 4 is 11.8 Å². The van der Waals surface area contributed by atoms with E-state index in [1.54, 1.807) is 18.1 Å². The molecular weight excluding hydrogens is 306 g/mol. The number of rotatable bonds is 6. The van der Waals surface area contributed by atoms with Crippen LogP contribution in [0.15, 0.2) is 60.0 Å². The third kappa shape index (κ3) is 3.93. The summed E-state index contributed by atoms with van der Waals surface area (Å²) in [4.78, 5) is 0. The maximum absolute atomic E-state index is 5.71. The van der Waals surface area contributed by atoms with Gasteiger partial charge in [-0.05, 0) is 37.6 Å². The van der Waals surface area contributed by atoms with Gasteiger partial charge in [0.15, 0.2) is 5.16 Å². The van der Waals surface area contributed by atoms with E-state index in [9.17, 15) is 0 Å². The van der Waals surface area contributed by atoms with Gasteiger partial charge in [-0.3, -0.25) is 4.57 Å². The highest BCUT2D eigenvalue weighted by atomic mass is 32.2. The summed E-state index contributed by atoms with van der Waals surface area (Å²) in [6.07, 6.45) is 1.76. The van der Waals surface area contributed by atoms with E-state index in [2.05, 4.69) is 42.2 Å². The molecule has 23 heavy (non-hydrogen) atoms. The van der Waals surface area contributed by atoms with Gasteiger partial charge in [0.2, 0.25) is 0 Å². The maximum atomic E-state index is 5.71. The van der Waals surface area contributed by atoms with Crippen LogP contribution in [0.2, 0.25) is 0 Å². The molecule has 0 saturated heterocycles. The van der Waals surface area contributed by atoms with E-state index in [0.29, 0.717) is 6.61 Å². The Kier molecular flexibility index (Phi) is 4.98. The normalized spacial score (nSPS) is 10.7. The predicted octanol–water partition coefficient (Wildman–Crippen LogP) is 4.06. The van der Waals surface area contributed by atoms with Crippen LogP contribution in [0.3, 0.4) is 0 Å². The number of aromatic nitrogens is 3. The summed E-state index contributed by atoms with van der Waals surface area (Å²) in [5, 5.41) is 9.15. The minimum atomic E-state index is 0.633. The monoisotopic (exact) mass is 325 g/mol. The van der Waals surface area contributed by atoms with Gasteiger partial charge in [0.25, 0.3) is 0 Å². The third-order valence-electron chi connectivity index (χ3n) is 3.45. The highest BCUT2D eigenvalue weighted by Gasteiger charge is 2.09. The van der Waals surface area contributed by atoms with E-state index in [1.807, 2.05) is 34.9 Å². The second-order valence-electron chi connectivity index (χ2n) is 5.28. The van der Waals surface area contributed by atoms with Gasteiger partial charge in [-0.25, -0.2) is 0 Å². The highest BCUT2D eigenvalue weighted by Crippen LogP contribution is 2.22. The Morgan fingerprint density at radius 3 is 2.70 bits per heavy atom. The summed E-state index contributed by atoms with van der Waals surface area (Å²) < 4.78 is 7.74. The molecule has 2 aromatic carbocycles. The molecule has 0 radical (unpaired) electrons. The van der Waals surface area contributed by atoms with Crippen molar-refractivity contribution in [1.29, 1.82) is 0 Å². The lowest BCUT2D eigenvalue weighted by atomic mass is 10.1. The number of hydrogen-bond acceptors (Lipinski definition) is 4. The molecule has 5 heteroatoms. The van der Waals surface area contributed by atoms with Crippen LogP contribution in [0.5, 0.6) is 5.75 Å². The van der Waals surface area contributed by atoms with Crippen molar-refractivity contribution in [3.63, 3.8) is 0 Å². The molecule has 0 aliphatic heterocycles. The minimum absolute atomic E-state index is 0.633. The van der Waals surface area contributed by atoms with E-state index in [1.165, 1.54) is 11.1 Å². The summed E-state index contributed by atoms with van der Waals surface area (Å²) in [5.74, 6) is 1.71. The lowest BCUT2D eigenvalue weighted by Gasteiger charge is -2.10. The molecular formula is C18H19N3OS. The molecule has 0 spiro atoms. The molecule has 1 heterocycles. The standard InChI is InChI=1S/C18H19N3OS/c1-14-8-9-17(15(2)12-14)21-13-19-20-18(21)23-11-10-22-16-6-4-3-5-7-16/h3-9,12-13H,10-11H2,1-2H3. The number of para-hydroxylation sites is 1. The number of benzene rings is 2. The molecule has 1 aromatic heterocycles. The molecule has 0 unspecified atom stereocenters. The summed E-state index contributed by atoms with van der Waals surface area (Å²) >= 11 is 1.65. The fraction of sp³-hybridized carbons (Fsp3) is 0.222. The van der Waals surface area contributed by atoms with E-state index in [4.69, 9.17) is 4.74 Å². The van der Waals surface area contributed by atoms with Gasteiger partial charge in [-0.1, -0.05) is 47.7 Å². The van der Waals surface area contributed by atoms with Crippen molar-refractivity contribution in [2.45, 2.75) is 19.0 Å². The first-order valence-corrected chi connectivity index (χ1v) is 8.51. The molecule has 0 N–H and O–H groups in total. The molecule has 3 rings (SSSR count). The zero-order valence-electron chi connectivity index (χ0n) is 13.3. The summed E-state index contributed by atoms with van der Waals surface area (Å²) in [6, 6.07) is 16.2. The molecule has 0 amide bonds. The number of hydrogen-bond donors (Lipinski definition) is 0. The van der Waals surface area contributed by atoms with Crippen molar-refractivity contribution in [3.05, 3.63) is 66.0 Å². The van der Waals surface area contributed by atoms with Crippen LogP contribution >= 0.6 is 11.8 Å². The number of aryl methyl sites for hydroxylation is 2. The molecule has 0 bridgehead atoms. The van der Waals surface area contributed by atoms with Crippen molar-refractivity contribution in [2.24, 2.45) is 0 Å². The van der Waals surface area contributed by atoms with Crippen LogP contribution in [-0.2, 0) is 0 Å². The molecule has 3 aromatic rings. The summed E-state index contributed by atoms with van der Waals surface area (Å²) in [6.45, 7) is 4.84. The van der Waals surface area contributed by atoms with Gasteiger partial charge in [0.1, 0.15) is 12.1 Å². The Morgan fingerprint density at radius 2 is 1.91 bits per heavy atom. The zero-order chi connectivity index (χ0) is 16.1. The molecule has 0 fully saturated rings. The van der Waals surface area contributed by atoms with Gasteiger partial charge in [0, 0.05) is 5.75 Å². The third-order valence-corrected chi connectivity index (χ3v) is 4.36. The van der Waals surface area contributed by atoms with Crippen molar-refractivity contribution < 1.29 is 4.74 Å². The second kappa shape index (κ2) is 7.33. The Balaban J connectivity index is 1.62. The smallest absolute Gasteiger partial charge is 0.195 e. The van der Waals surface area contributed by atoms with E-state index >= 15 is 0 Å². The van der Waals surface area contributed by atoms with Crippen LogP contribution in [0.1, 0.15) is 11.1 Å². The van der Waals surface area contributed by atoms with Gasteiger partial charge >= 0.3 is 0 Å². The van der Waals surface area contributed by atoms with Gasteiger partial charge in [-0.2, -0.15) is 0 Å². The minimum Gasteiger partial charge on any atom is -0.493 e. The topological polar surface area (TPSA) is 39.9 Å².